The highest BCUT2D eigenvalue weighted by Crippen LogP contribution is 2.22. The standard InChI is InChI=1S/C18H20FN3O2/c1-18(2,3)24-17(23)21-10-8-13(12-21)16-9-11-22(20-16)15-6-4-14(19)5-7-15/h4-9,11H,10,12H2,1-3H3. The minimum atomic E-state index is -0.510. The van der Waals surface area contributed by atoms with Crippen molar-refractivity contribution >= 4 is 11.7 Å². The van der Waals surface area contributed by atoms with Gasteiger partial charge in [0.1, 0.15) is 11.4 Å². The average molecular weight is 329 g/mol. The van der Waals surface area contributed by atoms with Gasteiger partial charge in [0.05, 0.1) is 17.9 Å². The summed E-state index contributed by atoms with van der Waals surface area (Å²) in [4.78, 5) is 13.7. The van der Waals surface area contributed by atoms with E-state index in [4.69, 9.17) is 4.74 Å². The molecule has 0 atom stereocenters. The van der Waals surface area contributed by atoms with Gasteiger partial charge in [0.2, 0.25) is 0 Å². The van der Waals surface area contributed by atoms with E-state index in [0.717, 1.165) is 17.0 Å². The Labute approximate surface area is 140 Å². The zero-order valence-electron chi connectivity index (χ0n) is 14.0. The van der Waals surface area contributed by atoms with Gasteiger partial charge in [-0.25, -0.2) is 13.9 Å². The summed E-state index contributed by atoms with van der Waals surface area (Å²) < 4.78 is 20.1. The highest BCUT2D eigenvalue weighted by Gasteiger charge is 2.26. The molecule has 1 aromatic carbocycles. The Morgan fingerprint density at radius 1 is 1.21 bits per heavy atom. The van der Waals surface area contributed by atoms with Crippen LogP contribution in [0.4, 0.5) is 9.18 Å². The molecule has 1 amide bonds. The van der Waals surface area contributed by atoms with Crippen LogP contribution in [0, 0.1) is 5.82 Å². The lowest BCUT2D eigenvalue weighted by molar-refractivity contribution is 0.0306. The van der Waals surface area contributed by atoms with Gasteiger partial charge in [-0.1, -0.05) is 6.08 Å². The molecule has 0 fully saturated rings. The van der Waals surface area contributed by atoms with Crippen LogP contribution in [0.5, 0.6) is 0 Å². The SMILES string of the molecule is CC(C)(C)OC(=O)N1CC=C(c2ccn(-c3ccc(F)cc3)n2)C1. The molecule has 0 bridgehead atoms. The first-order valence-electron chi connectivity index (χ1n) is 7.81. The largest absolute Gasteiger partial charge is 0.444 e. The Hall–Kier alpha value is -2.63. The fraction of sp³-hybridized carbons (Fsp3) is 0.333. The van der Waals surface area contributed by atoms with Crippen LogP contribution < -0.4 is 0 Å². The number of ether oxygens (including phenoxy) is 1. The van der Waals surface area contributed by atoms with Crippen LogP contribution in [-0.2, 0) is 4.74 Å². The molecule has 0 unspecified atom stereocenters. The van der Waals surface area contributed by atoms with Gasteiger partial charge in [-0.15, -0.1) is 0 Å². The number of halogens is 1. The van der Waals surface area contributed by atoms with Crippen LogP contribution >= 0.6 is 0 Å². The molecule has 0 saturated heterocycles. The van der Waals surface area contributed by atoms with E-state index in [1.807, 2.05) is 39.1 Å². The monoisotopic (exact) mass is 329 g/mol. The van der Waals surface area contributed by atoms with Gasteiger partial charge in [-0.2, -0.15) is 5.10 Å². The number of amides is 1. The Morgan fingerprint density at radius 3 is 2.58 bits per heavy atom. The Kier molecular flexibility index (Phi) is 4.13. The minimum absolute atomic E-state index is 0.280. The number of benzene rings is 1. The summed E-state index contributed by atoms with van der Waals surface area (Å²) in [6.45, 7) is 6.52. The zero-order chi connectivity index (χ0) is 17.3. The van der Waals surface area contributed by atoms with Crippen molar-refractivity contribution in [1.29, 1.82) is 0 Å². The van der Waals surface area contributed by atoms with Crippen molar-refractivity contribution in [2.45, 2.75) is 26.4 Å². The lowest BCUT2D eigenvalue weighted by Gasteiger charge is -2.24. The summed E-state index contributed by atoms with van der Waals surface area (Å²) in [7, 11) is 0. The summed E-state index contributed by atoms with van der Waals surface area (Å²) in [6.07, 6.45) is 3.47. The maximum atomic E-state index is 13.0. The predicted octanol–water partition coefficient (Wildman–Crippen LogP) is 3.65. The molecule has 2 heterocycles. The van der Waals surface area contributed by atoms with Gasteiger partial charge in [-0.3, -0.25) is 0 Å². The quantitative estimate of drug-likeness (QED) is 0.845. The van der Waals surface area contributed by atoms with Crippen molar-refractivity contribution in [3.8, 4) is 5.69 Å². The lowest BCUT2D eigenvalue weighted by Crippen LogP contribution is -2.35. The van der Waals surface area contributed by atoms with Gasteiger partial charge in [0, 0.05) is 12.7 Å². The third kappa shape index (κ3) is 3.64. The number of rotatable bonds is 2. The molecule has 1 aliphatic heterocycles. The van der Waals surface area contributed by atoms with Crippen molar-refractivity contribution in [2.24, 2.45) is 0 Å². The molecule has 0 N–H and O–H groups in total. The summed E-state index contributed by atoms with van der Waals surface area (Å²) in [5.74, 6) is -0.280. The van der Waals surface area contributed by atoms with Gasteiger partial charge in [0.25, 0.3) is 0 Å². The van der Waals surface area contributed by atoms with Gasteiger partial charge < -0.3 is 9.64 Å². The van der Waals surface area contributed by atoms with E-state index < -0.39 is 5.60 Å². The molecule has 1 aromatic heterocycles. The summed E-state index contributed by atoms with van der Waals surface area (Å²) in [6, 6.07) is 8.02. The molecule has 3 rings (SSSR count). The topological polar surface area (TPSA) is 47.4 Å². The normalized spacial score (nSPS) is 14.7. The number of carbonyl (C=O) groups is 1. The summed E-state index contributed by atoms with van der Waals surface area (Å²) >= 11 is 0. The highest BCUT2D eigenvalue weighted by molar-refractivity contribution is 5.76. The molecule has 2 aromatic rings. The molecule has 0 aliphatic carbocycles. The van der Waals surface area contributed by atoms with Crippen molar-refractivity contribution in [2.75, 3.05) is 13.1 Å². The Morgan fingerprint density at radius 2 is 1.92 bits per heavy atom. The van der Waals surface area contributed by atoms with Crippen molar-refractivity contribution in [3.05, 3.63) is 54.1 Å². The highest BCUT2D eigenvalue weighted by atomic mass is 19.1. The fourth-order valence-corrected chi connectivity index (χ4v) is 2.44. The van der Waals surface area contributed by atoms with Crippen LogP contribution in [0.15, 0.2) is 42.6 Å². The first kappa shape index (κ1) is 16.2. The molecule has 126 valence electrons. The van der Waals surface area contributed by atoms with Crippen LogP contribution in [0.1, 0.15) is 26.5 Å². The van der Waals surface area contributed by atoms with Crippen LogP contribution in [-0.4, -0.2) is 39.5 Å². The molecule has 1 aliphatic rings. The molecule has 0 radical (unpaired) electrons. The fourth-order valence-electron chi connectivity index (χ4n) is 2.44. The third-order valence-electron chi connectivity index (χ3n) is 3.58. The smallest absolute Gasteiger partial charge is 0.410 e. The predicted molar refractivity (Wildman–Crippen MR) is 89.3 cm³/mol. The van der Waals surface area contributed by atoms with E-state index in [1.54, 1.807) is 21.7 Å². The maximum Gasteiger partial charge on any atom is 0.410 e. The Balaban J connectivity index is 1.68. The number of hydrogen-bond donors (Lipinski definition) is 0. The van der Waals surface area contributed by atoms with Crippen LogP contribution in [0.25, 0.3) is 11.3 Å². The van der Waals surface area contributed by atoms with Crippen LogP contribution in [0.3, 0.4) is 0 Å². The second-order valence-electron chi connectivity index (χ2n) is 6.71. The molecule has 5 nitrogen and oxygen atoms in total. The second kappa shape index (κ2) is 6.11. The van der Waals surface area contributed by atoms with Gasteiger partial charge >= 0.3 is 6.09 Å². The van der Waals surface area contributed by atoms with E-state index in [0.29, 0.717) is 13.1 Å². The molecular formula is C18H20FN3O2. The van der Waals surface area contributed by atoms with E-state index in [2.05, 4.69) is 5.10 Å². The van der Waals surface area contributed by atoms with Gasteiger partial charge in [-0.05, 0) is 56.7 Å². The van der Waals surface area contributed by atoms with E-state index in [1.165, 1.54) is 12.1 Å². The number of carbonyl (C=O) groups excluding carboxylic acids is 1. The third-order valence-corrected chi connectivity index (χ3v) is 3.58. The second-order valence-corrected chi connectivity index (χ2v) is 6.71. The van der Waals surface area contributed by atoms with Gasteiger partial charge in [0.15, 0.2) is 0 Å². The Bertz CT molecular complexity index is 772. The summed E-state index contributed by atoms with van der Waals surface area (Å²) in [5.41, 5.74) is 2.04. The number of aromatic nitrogens is 2. The summed E-state index contributed by atoms with van der Waals surface area (Å²) in [5, 5.41) is 4.51. The molecule has 0 saturated carbocycles. The van der Waals surface area contributed by atoms with E-state index in [9.17, 15) is 9.18 Å². The van der Waals surface area contributed by atoms with Crippen molar-refractivity contribution in [3.63, 3.8) is 0 Å². The first-order chi connectivity index (χ1) is 11.3. The lowest BCUT2D eigenvalue weighted by atomic mass is 10.2. The molecule has 6 heteroatoms. The van der Waals surface area contributed by atoms with Crippen LogP contribution in [0.2, 0.25) is 0 Å². The van der Waals surface area contributed by atoms with E-state index >= 15 is 0 Å². The molecule has 0 spiro atoms. The van der Waals surface area contributed by atoms with E-state index in [-0.39, 0.29) is 11.9 Å². The maximum absolute atomic E-state index is 13.0. The average Bonchev–Trinajstić information content (AvgIpc) is 3.15. The first-order valence-corrected chi connectivity index (χ1v) is 7.81. The molecular weight excluding hydrogens is 309 g/mol. The molecule has 24 heavy (non-hydrogen) atoms. The minimum Gasteiger partial charge on any atom is -0.444 e. The number of nitrogens with zero attached hydrogens (tertiary/aromatic N) is 3. The number of hydrogen-bond acceptors (Lipinski definition) is 3. The van der Waals surface area contributed by atoms with Crippen molar-refractivity contribution < 1.29 is 13.9 Å². The van der Waals surface area contributed by atoms with Crippen molar-refractivity contribution in [1.82, 2.24) is 14.7 Å². The zero-order valence-corrected chi connectivity index (χ0v) is 14.0.